The fourth-order valence-electron chi connectivity index (χ4n) is 1.84. The van der Waals surface area contributed by atoms with Crippen LogP contribution in [-0.4, -0.2) is 79.5 Å². The minimum atomic E-state index is 0.0902. The zero-order chi connectivity index (χ0) is 25.6. The van der Waals surface area contributed by atoms with Crippen LogP contribution >= 0.6 is 36.0 Å². The zero-order valence-corrected chi connectivity index (χ0v) is 21.6. The van der Waals surface area contributed by atoms with Gasteiger partial charge in [0.25, 0.3) is 5.17 Å². The molecule has 0 unspecified atom stereocenters. The van der Waals surface area contributed by atoms with E-state index in [9.17, 15) is 9.59 Å². The smallest absolute Gasteiger partial charge is 0.264 e. The molecule has 0 spiro atoms. The molecule has 2 aromatic carbocycles. The van der Waals surface area contributed by atoms with Crippen molar-refractivity contribution in [2.45, 2.75) is 0 Å². The van der Waals surface area contributed by atoms with Crippen molar-refractivity contribution in [2.24, 2.45) is 0 Å². The van der Waals surface area contributed by atoms with Gasteiger partial charge in [-0.15, -0.1) is 0 Å². The lowest BCUT2D eigenvalue weighted by Gasteiger charge is -2.14. The first kappa shape index (κ1) is 30.0. The third-order valence-corrected chi connectivity index (χ3v) is 4.75. The fraction of sp³-hybridized carbons (Fsp3) is 0.273. The van der Waals surface area contributed by atoms with Gasteiger partial charge in [-0.3, -0.25) is 9.59 Å². The molecule has 0 radical (unpaired) electrons. The molecule has 0 bridgehead atoms. The minimum Gasteiger partial charge on any atom is -0.508 e. The van der Waals surface area contributed by atoms with E-state index in [1.807, 2.05) is 0 Å². The van der Waals surface area contributed by atoms with E-state index in [0.29, 0.717) is 44.3 Å². The number of benzene rings is 2. The molecule has 0 aliphatic rings. The fourth-order valence-corrected chi connectivity index (χ4v) is 1.94. The van der Waals surface area contributed by atoms with Crippen LogP contribution in [0.3, 0.4) is 0 Å². The number of methoxy groups -OCH3 is 2. The Morgan fingerprint density at radius 3 is 1.73 bits per heavy atom. The van der Waals surface area contributed by atoms with Crippen molar-refractivity contribution in [2.75, 3.05) is 42.4 Å². The first-order valence-corrected chi connectivity index (χ1v) is 10.4. The minimum absolute atomic E-state index is 0.0902. The highest BCUT2D eigenvalue weighted by molar-refractivity contribution is 7.83. The van der Waals surface area contributed by atoms with Gasteiger partial charge in [0.05, 0.1) is 25.3 Å². The molecule has 0 saturated heterocycles. The van der Waals surface area contributed by atoms with Gasteiger partial charge in [-0.05, 0) is 48.7 Å². The van der Waals surface area contributed by atoms with Crippen molar-refractivity contribution in [1.82, 2.24) is 9.80 Å². The Balaban J connectivity index is 0.000000520. The molecule has 0 heterocycles. The molecule has 0 aliphatic carbocycles. The average molecular weight is 515 g/mol. The Bertz CT molecular complexity index is 954. The van der Waals surface area contributed by atoms with E-state index in [0.717, 1.165) is 6.29 Å². The first-order chi connectivity index (χ1) is 15.5. The monoisotopic (exact) mass is 514 g/mol. The van der Waals surface area contributed by atoms with Crippen LogP contribution in [-0.2, 0) is 0 Å². The Kier molecular flexibility index (Phi) is 14.4. The van der Waals surface area contributed by atoms with Gasteiger partial charge in [-0.2, -0.15) is 0 Å². The Labute approximate surface area is 209 Å². The molecule has 2 rings (SSSR count). The van der Waals surface area contributed by atoms with Crippen molar-refractivity contribution in [3.63, 3.8) is 0 Å². The van der Waals surface area contributed by atoms with E-state index >= 15 is 0 Å². The van der Waals surface area contributed by atoms with Crippen LogP contribution in [0.1, 0.15) is 20.7 Å². The predicted octanol–water partition coefficient (Wildman–Crippen LogP) is 4.02. The summed E-state index contributed by atoms with van der Waals surface area (Å²) in [6.45, 7) is 0. The molecule has 0 aromatic heterocycles. The maximum atomic E-state index is 10.7. The lowest BCUT2D eigenvalue weighted by Crippen LogP contribution is -2.24. The van der Waals surface area contributed by atoms with Crippen LogP contribution in [0.25, 0.3) is 0 Å². The number of carbonyl (C=O) groups is 2. The summed E-state index contributed by atoms with van der Waals surface area (Å²) in [7, 11) is 10.1. The lowest BCUT2D eigenvalue weighted by atomic mass is 10.2. The number of thiocarbonyl (C=S) groups is 2. The molecule has 8 nitrogen and oxygen atoms in total. The number of carbonyl (C=O) groups excluding carboxylic acids is 2. The Morgan fingerprint density at radius 1 is 0.879 bits per heavy atom. The number of ether oxygens (including phenoxy) is 3. The molecule has 0 atom stereocenters. The summed E-state index contributed by atoms with van der Waals surface area (Å²) in [5.41, 5.74) is 0.913. The first-order valence-electron chi connectivity index (χ1n) is 9.21. The normalized spacial score (nSPS) is 9.06. The summed E-state index contributed by atoms with van der Waals surface area (Å²) in [6.07, 6.45) is 1.41. The molecule has 11 heteroatoms. The number of hydrogen-bond donors (Lipinski definition) is 1. The summed E-state index contributed by atoms with van der Waals surface area (Å²) >= 11 is 14.8. The lowest BCUT2D eigenvalue weighted by molar-refractivity contribution is 0.111. The maximum Gasteiger partial charge on any atom is 0.264 e. The van der Waals surface area contributed by atoms with Crippen LogP contribution in [0.4, 0.5) is 0 Å². The summed E-state index contributed by atoms with van der Waals surface area (Å²) < 4.78 is 15.7. The molecule has 0 saturated carbocycles. The second kappa shape index (κ2) is 15.8. The second-order valence-electron chi connectivity index (χ2n) is 6.48. The van der Waals surface area contributed by atoms with Crippen molar-refractivity contribution in [1.29, 1.82) is 0 Å². The number of phenols is 1. The van der Waals surface area contributed by atoms with E-state index in [-0.39, 0.29) is 5.75 Å². The third kappa shape index (κ3) is 11.5. The predicted molar refractivity (Wildman–Crippen MR) is 137 cm³/mol. The number of phenolic OH excluding ortho intramolecular Hbond substituents is 1. The van der Waals surface area contributed by atoms with Gasteiger partial charge in [0.1, 0.15) is 23.0 Å². The summed E-state index contributed by atoms with van der Waals surface area (Å²) in [5, 5.41) is 9.32. The van der Waals surface area contributed by atoms with Crippen molar-refractivity contribution >= 4 is 58.2 Å². The molecular formula is C22H27ClN2O6S2. The number of hydrogen-bond acceptors (Lipinski definition) is 8. The average Bonchev–Trinajstić information content (AvgIpc) is 2.79. The highest BCUT2D eigenvalue weighted by Gasteiger charge is 2.07. The van der Waals surface area contributed by atoms with Gasteiger partial charge in [0.2, 0.25) is 0 Å². The van der Waals surface area contributed by atoms with E-state index in [1.54, 1.807) is 56.2 Å². The number of aromatic hydroxyl groups is 1. The van der Waals surface area contributed by atoms with Crippen LogP contribution < -0.4 is 14.2 Å². The molecule has 0 amide bonds. The van der Waals surface area contributed by atoms with Gasteiger partial charge in [0, 0.05) is 40.3 Å². The molecule has 180 valence electrons. The van der Waals surface area contributed by atoms with E-state index < -0.39 is 0 Å². The standard InChI is InChI=1S/C11H13NO3S.C8H8O3.C3H6ClNS/c1-12(2)11(16)15-9-5-4-8(7-13)10(6-9)14-3;1-11-8-4-7(10)3-2-6(8)5-9;1-5(2)3(4)6/h4-7H,1-3H3;2-5,10H,1H3;1-2H3. The van der Waals surface area contributed by atoms with E-state index in [2.05, 4.69) is 12.2 Å². The third-order valence-electron chi connectivity index (χ3n) is 3.60. The van der Waals surface area contributed by atoms with Crippen molar-refractivity contribution in [3.05, 3.63) is 47.5 Å². The van der Waals surface area contributed by atoms with Gasteiger partial charge in [0.15, 0.2) is 17.0 Å². The van der Waals surface area contributed by atoms with E-state index in [1.165, 1.54) is 32.4 Å². The SMILES string of the molecule is CN(C)C(=S)Cl.COc1cc(O)ccc1C=O.COc1cc(OC(=S)N(C)C)ccc1C=O. The van der Waals surface area contributed by atoms with Crippen LogP contribution in [0.15, 0.2) is 36.4 Å². The number of halogens is 1. The highest BCUT2D eigenvalue weighted by Crippen LogP contribution is 2.24. The maximum absolute atomic E-state index is 10.7. The van der Waals surface area contributed by atoms with Gasteiger partial charge < -0.3 is 29.1 Å². The van der Waals surface area contributed by atoms with Crippen molar-refractivity contribution in [3.8, 4) is 23.0 Å². The number of aldehydes is 2. The van der Waals surface area contributed by atoms with Crippen LogP contribution in [0, 0.1) is 0 Å². The topological polar surface area (TPSA) is 88.5 Å². The number of rotatable bonds is 5. The van der Waals surface area contributed by atoms with Gasteiger partial charge in [-0.1, -0.05) is 11.6 Å². The highest BCUT2D eigenvalue weighted by atomic mass is 35.5. The molecule has 2 aromatic rings. The van der Waals surface area contributed by atoms with Gasteiger partial charge in [-0.25, -0.2) is 0 Å². The Morgan fingerprint density at radius 2 is 1.33 bits per heavy atom. The van der Waals surface area contributed by atoms with Crippen LogP contribution in [0.5, 0.6) is 23.0 Å². The molecule has 1 N–H and O–H groups in total. The summed E-state index contributed by atoms with van der Waals surface area (Å²) in [4.78, 5) is 24.3. The Hall–Kier alpha value is -2.95. The molecule has 33 heavy (non-hydrogen) atoms. The number of nitrogens with zero attached hydrogens (tertiary/aromatic N) is 2. The zero-order valence-electron chi connectivity index (χ0n) is 19.2. The molecule has 0 fully saturated rings. The molecule has 0 aliphatic heterocycles. The largest absolute Gasteiger partial charge is 0.508 e. The van der Waals surface area contributed by atoms with Crippen LogP contribution in [0.2, 0.25) is 0 Å². The molecular weight excluding hydrogens is 488 g/mol. The van der Waals surface area contributed by atoms with Crippen molar-refractivity contribution < 1.29 is 28.9 Å². The quantitative estimate of drug-likeness (QED) is 0.273. The second-order valence-corrected chi connectivity index (χ2v) is 7.79. The summed E-state index contributed by atoms with van der Waals surface area (Å²) in [5.74, 6) is 1.49. The summed E-state index contributed by atoms with van der Waals surface area (Å²) in [6, 6.07) is 9.25. The van der Waals surface area contributed by atoms with E-state index in [4.69, 9.17) is 43.1 Å². The van der Waals surface area contributed by atoms with Gasteiger partial charge >= 0.3 is 0 Å².